The zero-order valence-electron chi connectivity index (χ0n) is 6.20. The third-order valence-corrected chi connectivity index (χ3v) is 1.20. The molecule has 0 radical (unpaired) electrons. The molecule has 0 N–H and O–H groups in total. The maximum atomic E-state index is 11.8. The Morgan fingerprint density at radius 1 is 1.46 bits per heavy atom. The van der Waals surface area contributed by atoms with Crippen LogP contribution in [0.25, 0.3) is 0 Å². The van der Waals surface area contributed by atoms with E-state index in [-0.39, 0.29) is 5.15 Å². The molecule has 0 saturated carbocycles. The number of alkyl halides is 3. The standard InChI is InChI=1S/C6H2ClF3N.BrH.Zn/c7-5-2-1-4(3-11-5)6(8,9)10;;/h1,3H;1H;/q-1;;+2/p-1. The molecule has 0 saturated heterocycles. The van der Waals surface area contributed by atoms with Crippen LogP contribution in [0.2, 0.25) is 5.15 Å². The molecule has 7 heteroatoms. The molecule has 0 aliphatic rings. The Labute approximate surface area is 94.7 Å². The summed E-state index contributed by atoms with van der Waals surface area (Å²) in [5.74, 6) is 0. The number of nitrogens with zero attached hydrogens (tertiary/aromatic N) is 1. The van der Waals surface area contributed by atoms with Gasteiger partial charge >= 0.3 is 36.1 Å². The van der Waals surface area contributed by atoms with Gasteiger partial charge in [0.05, 0.1) is 0 Å². The van der Waals surface area contributed by atoms with Gasteiger partial charge < -0.3 is 0 Å². The minimum absolute atomic E-state index is 0.0713. The number of hydrogen-bond donors (Lipinski definition) is 0. The van der Waals surface area contributed by atoms with Crippen molar-refractivity contribution in [1.29, 1.82) is 0 Å². The molecule has 0 bridgehead atoms. The van der Waals surface area contributed by atoms with Crippen LogP contribution in [0.3, 0.4) is 0 Å². The Balaban J connectivity index is 0.000000671. The third-order valence-electron chi connectivity index (χ3n) is 0.991. The van der Waals surface area contributed by atoms with Gasteiger partial charge in [0, 0.05) is 5.15 Å². The van der Waals surface area contributed by atoms with E-state index in [4.69, 9.17) is 11.6 Å². The molecule has 0 aliphatic heterocycles. The first kappa shape index (κ1) is 13.3. The number of halogens is 5. The van der Waals surface area contributed by atoms with Crippen LogP contribution in [-0.4, -0.2) is 4.98 Å². The van der Waals surface area contributed by atoms with Gasteiger partial charge in [-0.15, -0.1) is 0 Å². The molecule has 1 heterocycles. The van der Waals surface area contributed by atoms with Crippen molar-refractivity contribution in [2.75, 3.05) is 0 Å². The second kappa shape index (κ2) is 5.94. The number of hydrogen-bond acceptors (Lipinski definition) is 1. The summed E-state index contributed by atoms with van der Waals surface area (Å²) in [6.45, 7) is 0. The molecule has 0 fully saturated rings. The minimum atomic E-state index is -4.37. The molecular formula is C6H2BrClF3NZn. The normalized spacial score (nSPS) is 10.4. The van der Waals surface area contributed by atoms with Crippen LogP contribution in [0, 0.1) is 6.07 Å². The van der Waals surface area contributed by atoms with Crippen LogP contribution in [-0.2, 0) is 22.5 Å². The van der Waals surface area contributed by atoms with Crippen LogP contribution in [0.15, 0.2) is 12.3 Å². The van der Waals surface area contributed by atoms with Crippen LogP contribution >= 0.6 is 25.2 Å². The van der Waals surface area contributed by atoms with Crippen molar-refractivity contribution in [2.24, 2.45) is 0 Å². The fraction of sp³-hybridized carbons (Fsp3) is 0.167. The molecule has 1 aromatic rings. The van der Waals surface area contributed by atoms with E-state index >= 15 is 0 Å². The average Bonchev–Trinajstić information content (AvgIpc) is 2.07. The summed E-state index contributed by atoms with van der Waals surface area (Å²) < 4.78 is 35.4. The molecule has 0 aromatic carbocycles. The Morgan fingerprint density at radius 2 is 2.00 bits per heavy atom. The Morgan fingerprint density at radius 3 is 2.31 bits per heavy atom. The SMILES string of the molecule is FC(F)(F)c1c[c-]c(Cl)nc1.[Zn+][Br]. The number of pyridine rings is 1. The summed E-state index contributed by atoms with van der Waals surface area (Å²) in [7, 11) is 0. The van der Waals surface area contributed by atoms with Crippen LogP contribution in [0.4, 0.5) is 13.2 Å². The topological polar surface area (TPSA) is 12.9 Å². The van der Waals surface area contributed by atoms with Gasteiger partial charge in [0.15, 0.2) is 0 Å². The van der Waals surface area contributed by atoms with E-state index in [2.05, 4.69) is 24.7 Å². The van der Waals surface area contributed by atoms with Gasteiger partial charge in [-0.3, -0.25) is 4.98 Å². The van der Waals surface area contributed by atoms with Crippen molar-refractivity contribution in [2.45, 2.75) is 6.18 Å². The molecule has 0 unspecified atom stereocenters. The predicted octanol–water partition coefficient (Wildman–Crippen LogP) is 3.40. The second-order valence-electron chi connectivity index (χ2n) is 1.79. The van der Waals surface area contributed by atoms with Crippen molar-refractivity contribution >= 4 is 25.2 Å². The Bertz CT molecular complexity index is 251. The third kappa shape index (κ3) is 4.94. The number of aromatic nitrogens is 1. The van der Waals surface area contributed by atoms with Gasteiger partial charge in [-0.2, -0.15) is 13.2 Å². The fourth-order valence-corrected chi connectivity index (χ4v) is 0.596. The van der Waals surface area contributed by atoms with E-state index in [0.717, 1.165) is 6.07 Å². The summed E-state index contributed by atoms with van der Waals surface area (Å²) >= 11 is 9.48. The molecule has 0 atom stereocenters. The zero-order chi connectivity index (χ0) is 10.5. The molecule has 1 nitrogen and oxygen atoms in total. The van der Waals surface area contributed by atoms with E-state index in [9.17, 15) is 13.2 Å². The first-order valence-corrected chi connectivity index (χ1v) is 10.2. The van der Waals surface area contributed by atoms with Gasteiger partial charge in [0.25, 0.3) is 0 Å². The van der Waals surface area contributed by atoms with Gasteiger partial charge in [-0.25, -0.2) is 12.1 Å². The van der Waals surface area contributed by atoms with Gasteiger partial charge in [-0.1, -0.05) is 17.2 Å². The van der Waals surface area contributed by atoms with E-state index in [1.807, 2.05) is 0 Å². The fourth-order valence-electron chi connectivity index (χ4n) is 0.493. The van der Waals surface area contributed by atoms with Crippen molar-refractivity contribution in [1.82, 2.24) is 4.98 Å². The molecule has 0 spiro atoms. The maximum absolute atomic E-state index is 11.8. The summed E-state index contributed by atoms with van der Waals surface area (Å²) in [6.07, 6.45) is -3.70. The molecule has 68 valence electrons. The van der Waals surface area contributed by atoms with Crippen molar-refractivity contribution < 1.29 is 29.5 Å². The van der Waals surface area contributed by atoms with Gasteiger partial charge in [0.2, 0.25) is 0 Å². The van der Waals surface area contributed by atoms with Crippen LogP contribution in [0.5, 0.6) is 0 Å². The van der Waals surface area contributed by atoms with Crippen molar-refractivity contribution in [3.05, 3.63) is 29.0 Å². The molecule has 13 heavy (non-hydrogen) atoms. The van der Waals surface area contributed by atoms with E-state index in [1.54, 1.807) is 0 Å². The Kier molecular flexibility index (Phi) is 6.09. The summed E-state index contributed by atoms with van der Waals surface area (Å²) in [6, 6.07) is 2.90. The quantitative estimate of drug-likeness (QED) is 0.405. The molecular weight excluding hydrogens is 324 g/mol. The summed E-state index contributed by atoms with van der Waals surface area (Å²) in [5.41, 5.74) is -0.845. The van der Waals surface area contributed by atoms with Crippen LogP contribution < -0.4 is 0 Å². The van der Waals surface area contributed by atoms with Gasteiger partial charge in [0.1, 0.15) is 0 Å². The molecule has 1 rings (SSSR count). The Hall–Kier alpha value is 0.333. The summed E-state index contributed by atoms with van der Waals surface area (Å²) in [4.78, 5) is 3.24. The first-order valence-electron chi connectivity index (χ1n) is 2.87. The second-order valence-corrected chi connectivity index (χ2v) is 2.15. The predicted molar refractivity (Wildman–Crippen MR) is 42.0 cm³/mol. The average molecular weight is 326 g/mol. The monoisotopic (exact) mass is 323 g/mol. The number of rotatable bonds is 0. The van der Waals surface area contributed by atoms with Gasteiger partial charge in [-0.05, 0) is 6.20 Å². The summed E-state index contributed by atoms with van der Waals surface area (Å²) in [5, 5.41) is -0.0713. The molecule has 0 amide bonds. The van der Waals surface area contributed by atoms with Crippen molar-refractivity contribution in [3.63, 3.8) is 0 Å². The zero-order valence-corrected chi connectivity index (χ0v) is 11.5. The van der Waals surface area contributed by atoms with E-state index < -0.39 is 11.7 Å². The van der Waals surface area contributed by atoms with E-state index in [1.165, 1.54) is 16.3 Å². The molecule has 1 aromatic heterocycles. The molecule has 0 aliphatic carbocycles. The van der Waals surface area contributed by atoms with Crippen LogP contribution in [0.1, 0.15) is 5.56 Å². The van der Waals surface area contributed by atoms with E-state index in [0.29, 0.717) is 6.20 Å². The van der Waals surface area contributed by atoms with Crippen molar-refractivity contribution in [3.8, 4) is 0 Å². The first-order chi connectivity index (χ1) is 6.00.